The molecule has 4 rings (SSSR count). The average molecular weight is 491 g/mol. The second kappa shape index (κ2) is 11.2. The molecule has 8 heteroatoms. The summed E-state index contributed by atoms with van der Waals surface area (Å²) in [7, 11) is 3.75. The van der Waals surface area contributed by atoms with Gasteiger partial charge in [-0.25, -0.2) is 14.8 Å². The van der Waals surface area contributed by atoms with Crippen LogP contribution in [0.5, 0.6) is 0 Å². The van der Waals surface area contributed by atoms with Crippen molar-refractivity contribution in [2.75, 3.05) is 32.2 Å². The number of nitrogens with zero attached hydrogens (tertiary/aromatic N) is 4. The molecule has 1 amide bonds. The number of benzene rings is 2. The van der Waals surface area contributed by atoms with E-state index in [0.717, 1.165) is 41.3 Å². The number of aromatic nitrogens is 1. The van der Waals surface area contributed by atoms with Gasteiger partial charge in [0, 0.05) is 68.1 Å². The first kappa shape index (κ1) is 25.8. The number of likely N-dealkylation sites (N-methyl/N-ethyl adjacent to an activating group) is 1. The number of pyridine rings is 1. The first-order valence-electron chi connectivity index (χ1n) is 12.3. The number of fused-ring (bicyclic) bond motifs is 1. The standard InChI is InChI=1S/C28H35FN6O/c1-19(2)35-27-24(16-31-35)23(28(36)34(4)18-22-9-5-6-11-25(22)29)15-26(32-27)21-10-7-8-20(14-21)17-33(3)13-12-30/h5-11,14-15,19,31H,12-13,16-18,30H2,1-4H3. The van der Waals surface area contributed by atoms with E-state index in [-0.39, 0.29) is 24.3 Å². The Morgan fingerprint density at radius 2 is 1.92 bits per heavy atom. The van der Waals surface area contributed by atoms with Crippen molar-refractivity contribution < 1.29 is 9.18 Å². The number of carbonyl (C=O) groups is 1. The predicted molar refractivity (Wildman–Crippen MR) is 142 cm³/mol. The van der Waals surface area contributed by atoms with Crippen molar-refractivity contribution >= 4 is 11.7 Å². The van der Waals surface area contributed by atoms with Crippen molar-refractivity contribution in [3.63, 3.8) is 0 Å². The third kappa shape index (κ3) is 5.56. The largest absolute Gasteiger partial charge is 0.337 e. The van der Waals surface area contributed by atoms with Crippen molar-refractivity contribution in [3.8, 4) is 11.3 Å². The van der Waals surface area contributed by atoms with Crippen LogP contribution in [0, 0.1) is 5.82 Å². The van der Waals surface area contributed by atoms with Crippen LogP contribution in [-0.4, -0.2) is 53.9 Å². The van der Waals surface area contributed by atoms with Crippen LogP contribution in [0.4, 0.5) is 10.2 Å². The number of rotatable bonds is 9. The molecule has 0 fully saturated rings. The molecule has 190 valence electrons. The Hall–Kier alpha value is -3.33. The summed E-state index contributed by atoms with van der Waals surface area (Å²) in [5, 5.41) is 2.01. The van der Waals surface area contributed by atoms with Gasteiger partial charge in [0.15, 0.2) is 0 Å². The van der Waals surface area contributed by atoms with Gasteiger partial charge in [0.2, 0.25) is 0 Å². The molecule has 0 saturated carbocycles. The van der Waals surface area contributed by atoms with Crippen molar-refractivity contribution in [3.05, 3.63) is 82.7 Å². The molecule has 2 heterocycles. The Morgan fingerprint density at radius 3 is 2.64 bits per heavy atom. The van der Waals surface area contributed by atoms with E-state index in [1.807, 2.05) is 30.3 Å². The Bertz CT molecular complexity index is 1230. The van der Waals surface area contributed by atoms with Gasteiger partial charge in [0.05, 0.1) is 5.69 Å². The minimum Gasteiger partial charge on any atom is -0.337 e. The number of anilines is 1. The highest BCUT2D eigenvalue weighted by atomic mass is 19.1. The van der Waals surface area contributed by atoms with Gasteiger partial charge in [0.1, 0.15) is 11.6 Å². The summed E-state index contributed by atoms with van der Waals surface area (Å²) in [6.45, 7) is 7.04. The van der Waals surface area contributed by atoms with Gasteiger partial charge in [-0.2, -0.15) is 0 Å². The quantitative estimate of drug-likeness (QED) is 0.475. The molecule has 1 aromatic heterocycles. The number of halogens is 1. The van der Waals surface area contributed by atoms with Crippen molar-refractivity contribution in [1.82, 2.24) is 20.2 Å². The second-order valence-corrected chi connectivity index (χ2v) is 9.64. The second-order valence-electron chi connectivity index (χ2n) is 9.64. The summed E-state index contributed by atoms with van der Waals surface area (Å²) in [6, 6.07) is 16.8. The smallest absolute Gasteiger partial charge is 0.254 e. The molecule has 0 bridgehead atoms. The zero-order valence-corrected chi connectivity index (χ0v) is 21.5. The lowest BCUT2D eigenvalue weighted by molar-refractivity contribution is 0.0783. The molecule has 3 aromatic rings. The van der Waals surface area contributed by atoms with E-state index >= 15 is 0 Å². The third-order valence-electron chi connectivity index (χ3n) is 6.40. The van der Waals surface area contributed by atoms with Crippen LogP contribution in [0.3, 0.4) is 0 Å². The van der Waals surface area contributed by atoms with E-state index < -0.39 is 0 Å². The Balaban J connectivity index is 1.72. The van der Waals surface area contributed by atoms with Crippen LogP contribution in [-0.2, 0) is 19.6 Å². The van der Waals surface area contributed by atoms with Crippen LogP contribution in [0.1, 0.15) is 40.9 Å². The molecule has 0 atom stereocenters. The average Bonchev–Trinajstić information content (AvgIpc) is 3.29. The van der Waals surface area contributed by atoms with Gasteiger partial charge in [-0.1, -0.05) is 36.4 Å². The van der Waals surface area contributed by atoms with Gasteiger partial charge < -0.3 is 15.5 Å². The fraction of sp³-hybridized carbons (Fsp3) is 0.357. The molecule has 2 aromatic carbocycles. The molecular formula is C28H35FN6O. The van der Waals surface area contributed by atoms with Gasteiger partial charge >= 0.3 is 0 Å². The van der Waals surface area contributed by atoms with Crippen molar-refractivity contribution in [2.24, 2.45) is 5.73 Å². The summed E-state index contributed by atoms with van der Waals surface area (Å²) in [5.74, 6) is 0.280. The van der Waals surface area contributed by atoms with Crippen molar-refractivity contribution in [1.29, 1.82) is 0 Å². The molecular weight excluding hydrogens is 455 g/mol. The zero-order chi connectivity index (χ0) is 25.8. The van der Waals surface area contributed by atoms with Crippen LogP contribution in [0.2, 0.25) is 0 Å². The Kier molecular flexibility index (Phi) is 7.98. The molecule has 3 N–H and O–H groups in total. The van der Waals surface area contributed by atoms with Crippen molar-refractivity contribution in [2.45, 2.75) is 39.5 Å². The lowest BCUT2D eigenvalue weighted by Gasteiger charge is -2.24. The first-order chi connectivity index (χ1) is 17.3. The van der Waals surface area contributed by atoms with E-state index in [2.05, 4.69) is 36.3 Å². The van der Waals surface area contributed by atoms with Crippen LogP contribution < -0.4 is 16.2 Å². The monoisotopic (exact) mass is 490 g/mol. The summed E-state index contributed by atoms with van der Waals surface area (Å²) in [6.07, 6.45) is 0. The summed E-state index contributed by atoms with van der Waals surface area (Å²) in [5.41, 5.74) is 13.8. The van der Waals surface area contributed by atoms with E-state index in [4.69, 9.17) is 10.7 Å². The van der Waals surface area contributed by atoms with E-state index in [1.165, 1.54) is 6.07 Å². The lowest BCUT2D eigenvalue weighted by atomic mass is 10.0. The summed E-state index contributed by atoms with van der Waals surface area (Å²) >= 11 is 0. The number of hydrogen-bond donors (Lipinski definition) is 2. The van der Waals surface area contributed by atoms with Gasteiger partial charge in [-0.05, 0) is 44.7 Å². The highest BCUT2D eigenvalue weighted by molar-refractivity contribution is 5.98. The SMILES string of the molecule is CC(C)N1NCc2c(C(=O)N(C)Cc3ccccc3F)cc(-c3cccc(CN(C)CCN)c3)nc21. The van der Waals surface area contributed by atoms with Gasteiger partial charge in [0.25, 0.3) is 5.91 Å². The van der Waals surface area contributed by atoms with Crippen LogP contribution in [0.15, 0.2) is 54.6 Å². The number of nitrogens with one attached hydrogen (secondary N) is 1. The number of carbonyl (C=O) groups excluding carboxylic acids is 1. The Labute approximate surface area is 212 Å². The number of hydrogen-bond acceptors (Lipinski definition) is 6. The molecule has 7 nitrogen and oxygen atoms in total. The summed E-state index contributed by atoms with van der Waals surface area (Å²) < 4.78 is 14.3. The normalized spacial score (nSPS) is 12.9. The molecule has 0 unspecified atom stereocenters. The van der Waals surface area contributed by atoms with Crippen LogP contribution in [0.25, 0.3) is 11.3 Å². The molecule has 1 aliphatic heterocycles. The molecule has 0 saturated heterocycles. The van der Waals surface area contributed by atoms with Gasteiger partial charge in [-0.3, -0.25) is 9.80 Å². The predicted octanol–water partition coefficient (Wildman–Crippen LogP) is 3.78. The zero-order valence-electron chi connectivity index (χ0n) is 21.5. The molecule has 36 heavy (non-hydrogen) atoms. The minimum atomic E-state index is -0.318. The third-order valence-corrected chi connectivity index (χ3v) is 6.40. The maximum atomic E-state index is 14.3. The number of hydrazine groups is 1. The van der Waals surface area contributed by atoms with E-state index in [9.17, 15) is 9.18 Å². The van der Waals surface area contributed by atoms with E-state index in [1.54, 1.807) is 30.1 Å². The maximum absolute atomic E-state index is 14.3. The van der Waals surface area contributed by atoms with Gasteiger partial charge in [-0.15, -0.1) is 0 Å². The molecule has 1 aliphatic rings. The fourth-order valence-corrected chi connectivity index (χ4v) is 4.54. The summed E-state index contributed by atoms with van der Waals surface area (Å²) in [4.78, 5) is 22.4. The highest BCUT2D eigenvalue weighted by Gasteiger charge is 2.30. The minimum absolute atomic E-state index is 0.157. The maximum Gasteiger partial charge on any atom is 0.254 e. The molecule has 0 radical (unpaired) electrons. The molecule has 0 aliphatic carbocycles. The Morgan fingerprint density at radius 1 is 1.14 bits per heavy atom. The highest BCUT2D eigenvalue weighted by Crippen LogP contribution is 2.33. The van der Waals surface area contributed by atoms with E-state index in [0.29, 0.717) is 24.2 Å². The first-order valence-corrected chi connectivity index (χ1v) is 12.3. The number of nitrogens with two attached hydrogens (primary N) is 1. The topological polar surface area (TPSA) is 77.7 Å². The molecule has 0 spiro atoms. The fourth-order valence-electron chi connectivity index (χ4n) is 4.54. The lowest BCUT2D eigenvalue weighted by Crippen LogP contribution is -2.38. The van der Waals surface area contributed by atoms with Crippen LogP contribution >= 0.6 is 0 Å². The number of amides is 1.